The fourth-order valence-electron chi connectivity index (χ4n) is 2.13. The predicted molar refractivity (Wildman–Crippen MR) is 104 cm³/mol. The molecule has 0 amide bonds. The van der Waals surface area contributed by atoms with Crippen LogP contribution in [0.3, 0.4) is 0 Å². The highest BCUT2D eigenvalue weighted by Crippen LogP contribution is 2.24. The van der Waals surface area contributed by atoms with Crippen molar-refractivity contribution in [3.05, 3.63) is 69.5 Å². The van der Waals surface area contributed by atoms with Gasteiger partial charge in [-0.1, -0.05) is 41.6 Å². The second kappa shape index (κ2) is 8.11. The van der Waals surface area contributed by atoms with Crippen LogP contribution in [-0.2, 0) is 5.75 Å². The molecule has 0 unspecified atom stereocenters. The molecule has 0 atom stereocenters. The molecule has 0 saturated heterocycles. The Kier molecular flexibility index (Phi) is 5.65. The maximum atomic E-state index is 12.4. The van der Waals surface area contributed by atoms with E-state index in [9.17, 15) is 4.79 Å². The first-order chi connectivity index (χ1) is 12.6. The number of nitrogens with one attached hydrogen (secondary N) is 1. The molecule has 9 heteroatoms. The fraction of sp³-hybridized carbons (Fsp3) is 0.118. The number of benzene rings is 2. The lowest BCUT2D eigenvalue weighted by molar-refractivity contribution is 0.415. The SMILES string of the molecule is COc1ccc(Nc2nnc(SCc3ccccc3Cl)n(N)c2=O)cc1. The number of nitrogens with zero attached hydrogens (tertiary/aromatic N) is 3. The lowest BCUT2D eigenvalue weighted by Gasteiger charge is -2.09. The van der Waals surface area contributed by atoms with Gasteiger partial charge in [0.1, 0.15) is 5.75 Å². The van der Waals surface area contributed by atoms with E-state index in [0.29, 0.717) is 27.4 Å². The van der Waals surface area contributed by atoms with Gasteiger partial charge < -0.3 is 15.9 Å². The number of aromatic nitrogens is 3. The second-order valence-electron chi connectivity index (χ2n) is 5.24. The Labute approximate surface area is 159 Å². The molecule has 0 aliphatic carbocycles. The largest absolute Gasteiger partial charge is 0.497 e. The van der Waals surface area contributed by atoms with E-state index >= 15 is 0 Å². The van der Waals surface area contributed by atoms with Crippen LogP contribution in [0.15, 0.2) is 58.5 Å². The second-order valence-corrected chi connectivity index (χ2v) is 6.59. The van der Waals surface area contributed by atoms with Crippen LogP contribution in [0, 0.1) is 0 Å². The summed E-state index contributed by atoms with van der Waals surface area (Å²) in [5.41, 5.74) is 1.12. The summed E-state index contributed by atoms with van der Waals surface area (Å²) in [5, 5.41) is 11.8. The van der Waals surface area contributed by atoms with E-state index in [1.807, 2.05) is 18.2 Å². The van der Waals surface area contributed by atoms with Gasteiger partial charge in [-0.25, -0.2) is 0 Å². The van der Waals surface area contributed by atoms with Crippen LogP contribution < -0.4 is 21.5 Å². The van der Waals surface area contributed by atoms with E-state index < -0.39 is 5.56 Å². The molecule has 3 N–H and O–H groups in total. The predicted octanol–water partition coefficient (Wildman–Crippen LogP) is 3.05. The summed E-state index contributed by atoms with van der Waals surface area (Å²) in [5.74, 6) is 7.15. The number of rotatable bonds is 6. The number of ether oxygens (including phenoxy) is 1. The molecule has 3 rings (SSSR count). The van der Waals surface area contributed by atoms with Crippen LogP contribution in [0.1, 0.15) is 5.56 Å². The van der Waals surface area contributed by atoms with E-state index in [-0.39, 0.29) is 5.82 Å². The number of halogens is 1. The highest BCUT2D eigenvalue weighted by Gasteiger charge is 2.12. The van der Waals surface area contributed by atoms with Crippen molar-refractivity contribution in [2.75, 3.05) is 18.3 Å². The molecule has 2 aromatic carbocycles. The van der Waals surface area contributed by atoms with Crippen molar-refractivity contribution in [3.8, 4) is 5.75 Å². The minimum Gasteiger partial charge on any atom is -0.497 e. The smallest absolute Gasteiger partial charge is 0.315 e. The van der Waals surface area contributed by atoms with Gasteiger partial charge in [-0.05, 0) is 35.9 Å². The Hall–Kier alpha value is -2.71. The number of nitrogens with two attached hydrogens (primary N) is 1. The van der Waals surface area contributed by atoms with Crippen LogP contribution in [0.4, 0.5) is 11.5 Å². The molecule has 0 radical (unpaired) electrons. The Balaban J connectivity index is 1.75. The third kappa shape index (κ3) is 4.09. The van der Waals surface area contributed by atoms with Gasteiger partial charge in [0.05, 0.1) is 7.11 Å². The molecule has 134 valence electrons. The maximum absolute atomic E-state index is 12.4. The lowest BCUT2D eigenvalue weighted by atomic mass is 10.2. The molecule has 3 aromatic rings. The molecule has 0 saturated carbocycles. The molecule has 7 nitrogen and oxygen atoms in total. The highest BCUT2D eigenvalue weighted by molar-refractivity contribution is 7.98. The Morgan fingerprint density at radius 3 is 2.62 bits per heavy atom. The van der Waals surface area contributed by atoms with Gasteiger partial charge in [0.25, 0.3) is 0 Å². The average molecular weight is 390 g/mol. The van der Waals surface area contributed by atoms with E-state index in [4.69, 9.17) is 22.2 Å². The summed E-state index contributed by atoms with van der Waals surface area (Å²) in [6.45, 7) is 0. The van der Waals surface area contributed by atoms with Gasteiger partial charge in [0.15, 0.2) is 0 Å². The first-order valence-electron chi connectivity index (χ1n) is 7.60. The van der Waals surface area contributed by atoms with Gasteiger partial charge in [0.2, 0.25) is 11.0 Å². The highest BCUT2D eigenvalue weighted by atomic mass is 35.5. The molecule has 0 spiro atoms. The molecular weight excluding hydrogens is 374 g/mol. The summed E-state index contributed by atoms with van der Waals surface area (Å²) < 4.78 is 6.07. The summed E-state index contributed by atoms with van der Waals surface area (Å²) >= 11 is 7.41. The van der Waals surface area contributed by atoms with Crippen LogP contribution in [0.25, 0.3) is 0 Å². The first-order valence-corrected chi connectivity index (χ1v) is 8.97. The molecule has 0 aliphatic rings. The van der Waals surface area contributed by atoms with E-state index in [2.05, 4.69) is 15.5 Å². The minimum atomic E-state index is -0.475. The quantitative estimate of drug-likeness (QED) is 0.494. The molecule has 0 aliphatic heterocycles. The number of anilines is 2. The van der Waals surface area contributed by atoms with Crippen LogP contribution in [0.2, 0.25) is 5.02 Å². The van der Waals surface area contributed by atoms with Crippen molar-refractivity contribution in [2.24, 2.45) is 0 Å². The van der Waals surface area contributed by atoms with Crippen molar-refractivity contribution in [1.29, 1.82) is 0 Å². The number of hydrogen-bond acceptors (Lipinski definition) is 7. The van der Waals surface area contributed by atoms with Gasteiger partial charge in [0, 0.05) is 16.5 Å². The maximum Gasteiger partial charge on any atom is 0.315 e. The third-order valence-corrected chi connectivity index (χ3v) is 4.89. The monoisotopic (exact) mass is 389 g/mol. The average Bonchev–Trinajstić information content (AvgIpc) is 2.66. The lowest BCUT2D eigenvalue weighted by Crippen LogP contribution is -2.32. The summed E-state index contributed by atoms with van der Waals surface area (Å²) in [6, 6.07) is 14.5. The number of nitrogen functional groups attached to an aromatic ring is 1. The Morgan fingerprint density at radius 1 is 1.19 bits per heavy atom. The number of methoxy groups -OCH3 is 1. The first kappa shape index (κ1) is 18.1. The summed E-state index contributed by atoms with van der Waals surface area (Å²) in [4.78, 5) is 12.4. The van der Waals surface area contributed by atoms with Crippen LogP contribution >= 0.6 is 23.4 Å². The fourth-order valence-corrected chi connectivity index (χ4v) is 3.27. The molecule has 1 heterocycles. The number of hydrogen-bond donors (Lipinski definition) is 2. The van der Waals surface area contributed by atoms with Crippen molar-refractivity contribution in [3.63, 3.8) is 0 Å². The standard InChI is InChI=1S/C17H16ClN5O2S/c1-25-13-8-6-12(7-9-13)20-15-16(24)23(19)17(22-21-15)26-10-11-4-2-3-5-14(11)18/h2-9H,10,19H2,1H3,(H,20,21). The zero-order valence-electron chi connectivity index (χ0n) is 13.8. The zero-order valence-corrected chi connectivity index (χ0v) is 15.4. The normalized spacial score (nSPS) is 10.5. The van der Waals surface area contributed by atoms with Crippen molar-refractivity contribution in [2.45, 2.75) is 10.9 Å². The van der Waals surface area contributed by atoms with Crippen molar-refractivity contribution in [1.82, 2.24) is 14.9 Å². The van der Waals surface area contributed by atoms with Crippen molar-refractivity contribution >= 4 is 34.9 Å². The summed E-state index contributed by atoms with van der Waals surface area (Å²) in [6.07, 6.45) is 0. The van der Waals surface area contributed by atoms with Crippen molar-refractivity contribution < 1.29 is 4.74 Å². The molecular formula is C17H16ClN5O2S. The topological polar surface area (TPSA) is 95.1 Å². The Morgan fingerprint density at radius 2 is 1.92 bits per heavy atom. The molecule has 1 aromatic heterocycles. The number of thioether (sulfide) groups is 1. The zero-order chi connectivity index (χ0) is 18.5. The third-order valence-electron chi connectivity index (χ3n) is 3.53. The molecule has 0 fully saturated rings. The van der Waals surface area contributed by atoms with Gasteiger partial charge in [-0.2, -0.15) is 4.68 Å². The van der Waals surface area contributed by atoms with Gasteiger partial charge in [-0.3, -0.25) is 4.79 Å². The van der Waals surface area contributed by atoms with E-state index in [0.717, 1.165) is 10.2 Å². The minimum absolute atomic E-state index is 0.0414. The van der Waals surface area contributed by atoms with E-state index in [1.54, 1.807) is 37.4 Å². The molecule has 26 heavy (non-hydrogen) atoms. The molecule has 0 bridgehead atoms. The summed E-state index contributed by atoms with van der Waals surface area (Å²) in [7, 11) is 1.58. The van der Waals surface area contributed by atoms with E-state index in [1.165, 1.54) is 11.8 Å². The van der Waals surface area contributed by atoms with Gasteiger partial charge in [-0.15, -0.1) is 10.2 Å². The van der Waals surface area contributed by atoms with Crippen LogP contribution in [-0.4, -0.2) is 22.0 Å². The van der Waals surface area contributed by atoms with Crippen LogP contribution in [0.5, 0.6) is 5.75 Å². The van der Waals surface area contributed by atoms with Gasteiger partial charge >= 0.3 is 5.56 Å². The Bertz CT molecular complexity index is 962.